The first kappa shape index (κ1) is 15.3. The Hall–Kier alpha value is -1.75. The Morgan fingerprint density at radius 2 is 2.00 bits per heavy atom. The minimum atomic E-state index is -0.197. The highest BCUT2D eigenvalue weighted by Gasteiger charge is 2.19. The zero-order valence-corrected chi connectivity index (χ0v) is 11.9. The molecule has 1 rings (SSSR count). The molecule has 0 aromatic heterocycles. The number of carbonyl (C=O) groups excluding carboxylic acids is 1. The quantitative estimate of drug-likeness (QED) is 0.816. The standard InChI is InChI=1S/C14H22N2O3/c1-14(2,8-15)9-16-13(17)11-7-10(18-3)5-6-12(11)19-4/h5-7H,8-9,15H2,1-4H3,(H,16,17). The number of ether oxygens (including phenoxy) is 2. The number of amides is 1. The van der Waals surface area contributed by atoms with E-state index < -0.39 is 0 Å². The van der Waals surface area contributed by atoms with Gasteiger partial charge in [-0.2, -0.15) is 0 Å². The molecule has 5 heteroatoms. The van der Waals surface area contributed by atoms with Gasteiger partial charge < -0.3 is 20.5 Å². The molecule has 1 amide bonds. The molecule has 0 aliphatic rings. The third kappa shape index (κ3) is 4.13. The molecule has 0 atom stereocenters. The summed E-state index contributed by atoms with van der Waals surface area (Å²) in [7, 11) is 3.09. The Morgan fingerprint density at radius 1 is 1.32 bits per heavy atom. The van der Waals surface area contributed by atoms with Crippen LogP contribution in [0.4, 0.5) is 0 Å². The zero-order chi connectivity index (χ0) is 14.5. The maximum Gasteiger partial charge on any atom is 0.255 e. The summed E-state index contributed by atoms with van der Waals surface area (Å²) < 4.78 is 10.3. The number of benzene rings is 1. The van der Waals surface area contributed by atoms with Gasteiger partial charge in [0, 0.05) is 6.54 Å². The van der Waals surface area contributed by atoms with Crippen molar-refractivity contribution in [1.29, 1.82) is 0 Å². The van der Waals surface area contributed by atoms with Crippen LogP contribution in [-0.2, 0) is 0 Å². The van der Waals surface area contributed by atoms with Crippen molar-refractivity contribution in [2.75, 3.05) is 27.3 Å². The lowest BCUT2D eigenvalue weighted by Gasteiger charge is -2.22. The second kappa shape index (κ2) is 6.43. The summed E-state index contributed by atoms with van der Waals surface area (Å²) in [6, 6.07) is 5.12. The maximum absolute atomic E-state index is 12.2. The van der Waals surface area contributed by atoms with Crippen LogP contribution in [0.1, 0.15) is 24.2 Å². The molecule has 0 radical (unpaired) electrons. The fourth-order valence-electron chi connectivity index (χ4n) is 1.48. The van der Waals surface area contributed by atoms with E-state index in [0.717, 1.165) is 0 Å². The fraction of sp³-hybridized carbons (Fsp3) is 0.500. The van der Waals surface area contributed by atoms with Crippen molar-refractivity contribution in [3.8, 4) is 11.5 Å². The molecule has 0 fully saturated rings. The summed E-state index contributed by atoms with van der Waals surface area (Å²) in [5, 5.41) is 2.86. The topological polar surface area (TPSA) is 73.6 Å². The third-order valence-electron chi connectivity index (χ3n) is 2.93. The summed E-state index contributed by atoms with van der Waals surface area (Å²) in [4.78, 5) is 12.2. The first-order chi connectivity index (χ1) is 8.93. The average molecular weight is 266 g/mol. The monoisotopic (exact) mass is 266 g/mol. The molecule has 106 valence electrons. The molecule has 0 aliphatic heterocycles. The number of carbonyl (C=O) groups is 1. The molecule has 1 aromatic carbocycles. The van der Waals surface area contributed by atoms with E-state index in [-0.39, 0.29) is 11.3 Å². The Morgan fingerprint density at radius 3 is 2.53 bits per heavy atom. The normalized spacial score (nSPS) is 11.0. The van der Waals surface area contributed by atoms with Crippen LogP contribution in [0.25, 0.3) is 0 Å². The van der Waals surface area contributed by atoms with Gasteiger partial charge in [0.05, 0.1) is 19.8 Å². The van der Waals surface area contributed by atoms with Crippen LogP contribution in [0.15, 0.2) is 18.2 Å². The highest BCUT2D eigenvalue weighted by molar-refractivity contribution is 5.97. The van der Waals surface area contributed by atoms with Crippen LogP contribution in [-0.4, -0.2) is 33.2 Å². The molecule has 1 aromatic rings. The van der Waals surface area contributed by atoms with Gasteiger partial charge in [-0.25, -0.2) is 0 Å². The minimum absolute atomic E-state index is 0.137. The van der Waals surface area contributed by atoms with Crippen molar-refractivity contribution in [1.82, 2.24) is 5.32 Å². The van der Waals surface area contributed by atoms with E-state index in [4.69, 9.17) is 15.2 Å². The fourth-order valence-corrected chi connectivity index (χ4v) is 1.48. The van der Waals surface area contributed by atoms with Crippen LogP contribution in [0.2, 0.25) is 0 Å². The van der Waals surface area contributed by atoms with Gasteiger partial charge in [0.15, 0.2) is 0 Å². The van der Waals surface area contributed by atoms with Crippen LogP contribution in [0.5, 0.6) is 11.5 Å². The lowest BCUT2D eigenvalue weighted by atomic mass is 9.94. The predicted molar refractivity (Wildman–Crippen MR) is 74.7 cm³/mol. The van der Waals surface area contributed by atoms with E-state index in [1.165, 1.54) is 7.11 Å². The number of rotatable bonds is 6. The number of nitrogens with two attached hydrogens (primary N) is 1. The Bertz CT molecular complexity index is 444. The van der Waals surface area contributed by atoms with Crippen LogP contribution >= 0.6 is 0 Å². The van der Waals surface area contributed by atoms with Crippen LogP contribution in [0.3, 0.4) is 0 Å². The van der Waals surface area contributed by atoms with Gasteiger partial charge in [-0.1, -0.05) is 13.8 Å². The SMILES string of the molecule is COc1ccc(OC)c(C(=O)NCC(C)(C)CN)c1. The summed E-state index contributed by atoms with van der Waals surface area (Å²) in [5.41, 5.74) is 5.95. The average Bonchev–Trinajstić information content (AvgIpc) is 2.44. The van der Waals surface area contributed by atoms with Gasteiger partial charge in [-0.15, -0.1) is 0 Å². The third-order valence-corrected chi connectivity index (χ3v) is 2.93. The van der Waals surface area contributed by atoms with Crippen molar-refractivity contribution in [2.45, 2.75) is 13.8 Å². The molecule has 0 bridgehead atoms. The first-order valence-electron chi connectivity index (χ1n) is 6.14. The van der Waals surface area contributed by atoms with E-state index in [1.807, 2.05) is 13.8 Å². The maximum atomic E-state index is 12.2. The molecule has 0 aliphatic carbocycles. The molecule has 0 heterocycles. The number of hydrogen-bond donors (Lipinski definition) is 2. The van der Waals surface area contributed by atoms with Crippen molar-refractivity contribution >= 4 is 5.91 Å². The smallest absolute Gasteiger partial charge is 0.255 e. The molecular weight excluding hydrogens is 244 g/mol. The lowest BCUT2D eigenvalue weighted by molar-refractivity contribution is 0.0934. The lowest BCUT2D eigenvalue weighted by Crippen LogP contribution is -2.38. The second-order valence-corrected chi connectivity index (χ2v) is 5.12. The highest BCUT2D eigenvalue weighted by atomic mass is 16.5. The molecule has 0 saturated carbocycles. The van der Waals surface area contributed by atoms with E-state index in [9.17, 15) is 4.79 Å². The van der Waals surface area contributed by atoms with Crippen molar-refractivity contribution in [3.63, 3.8) is 0 Å². The molecule has 0 saturated heterocycles. The molecule has 0 spiro atoms. The van der Waals surface area contributed by atoms with Crippen molar-refractivity contribution < 1.29 is 14.3 Å². The van der Waals surface area contributed by atoms with Gasteiger partial charge in [-0.3, -0.25) is 4.79 Å². The molecule has 3 N–H and O–H groups in total. The van der Waals surface area contributed by atoms with E-state index >= 15 is 0 Å². The van der Waals surface area contributed by atoms with Gasteiger partial charge in [-0.05, 0) is 30.2 Å². The number of methoxy groups -OCH3 is 2. The first-order valence-corrected chi connectivity index (χ1v) is 6.14. The summed E-state index contributed by atoms with van der Waals surface area (Å²) in [6.07, 6.45) is 0. The predicted octanol–water partition coefficient (Wildman–Crippen LogP) is 1.42. The Kier molecular flexibility index (Phi) is 5.18. The molecule has 5 nitrogen and oxygen atoms in total. The van der Waals surface area contributed by atoms with E-state index in [0.29, 0.717) is 30.2 Å². The van der Waals surface area contributed by atoms with E-state index in [1.54, 1.807) is 25.3 Å². The van der Waals surface area contributed by atoms with Gasteiger partial charge >= 0.3 is 0 Å². The molecule has 19 heavy (non-hydrogen) atoms. The van der Waals surface area contributed by atoms with Crippen LogP contribution < -0.4 is 20.5 Å². The molecular formula is C14H22N2O3. The second-order valence-electron chi connectivity index (χ2n) is 5.12. The van der Waals surface area contributed by atoms with E-state index in [2.05, 4.69) is 5.32 Å². The highest BCUT2D eigenvalue weighted by Crippen LogP contribution is 2.24. The Balaban J connectivity index is 2.86. The number of nitrogens with one attached hydrogen (secondary N) is 1. The summed E-state index contributed by atoms with van der Waals surface area (Å²) in [5.74, 6) is 0.935. The summed E-state index contributed by atoms with van der Waals surface area (Å²) in [6.45, 7) is 5.00. The van der Waals surface area contributed by atoms with Crippen molar-refractivity contribution in [3.05, 3.63) is 23.8 Å². The summed E-state index contributed by atoms with van der Waals surface area (Å²) >= 11 is 0. The Labute approximate surface area is 114 Å². The van der Waals surface area contributed by atoms with Gasteiger partial charge in [0.2, 0.25) is 0 Å². The van der Waals surface area contributed by atoms with Gasteiger partial charge in [0.25, 0.3) is 5.91 Å². The van der Waals surface area contributed by atoms with Crippen molar-refractivity contribution in [2.24, 2.45) is 11.1 Å². The van der Waals surface area contributed by atoms with Gasteiger partial charge in [0.1, 0.15) is 11.5 Å². The molecule has 0 unspecified atom stereocenters. The largest absolute Gasteiger partial charge is 0.497 e. The minimum Gasteiger partial charge on any atom is -0.497 e. The number of hydrogen-bond acceptors (Lipinski definition) is 4. The zero-order valence-electron chi connectivity index (χ0n) is 11.9. The van der Waals surface area contributed by atoms with Crippen LogP contribution in [0, 0.1) is 5.41 Å².